The van der Waals surface area contributed by atoms with Gasteiger partial charge >= 0.3 is 0 Å². The van der Waals surface area contributed by atoms with Crippen LogP contribution in [0, 0.1) is 34.6 Å². The molecule has 164 valence electrons. The maximum absolute atomic E-state index is 13.3. The molecular formula is C22H28N6O2S. The van der Waals surface area contributed by atoms with Crippen LogP contribution in [0.3, 0.4) is 0 Å². The Morgan fingerprint density at radius 1 is 0.806 bits per heavy atom. The zero-order valence-electron chi connectivity index (χ0n) is 18.6. The number of nitrogens with zero attached hydrogens (tertiary/aromatic N) is 6. The first kappa shape index (κ1) is 21.5. The zero-order chi connectivity index (χ0) is 22.3. The topological polar surface area (TPSA) is 84.2 Å². The van der Waals surface area contributed by atoms with Crippen LogP contribution in [0.5, 0.6) is 0 Å². The highest BCUT2D eigenvalue weighted by Gasteiger charge is 2.31. The third kappa shape index (κ3) is 4.07. The maximum atomic E-state index is 13.3. The number of piperazine rings is 1. The second kappa shape index (κ2) is 8.05. The largest absolute Gasteiger partial charge is 0.354 e. The molecule has 0 amide bonds. The van der Waals surface area contributed by atoms with Gasteiger partial charge in [-0.05, 0) is 51.8 Å². The second-order valence-electron chi connectivity index (χ2n) is 8.19. The summed E-state index contributed by atoms with van der Waals surface area (Å²) in [7, 11) is -3.54. The van der Waals surface area contributed by atoms with E-state index >= 15 is 0 Å². The van der Waals surface area contributed by atoms with Crippen molar-refractivity contribution < 1.29 is 8.42 Å². The van der Waals surface area contributed by atoms with Crippen LogP contribution in [-0.2, 0) is 10.0 Å². The lowest BCUT2D eigenvalue weighted by atomic mass is 10.1. The van der Waals surface area contributed by atoms with Crippen molar-refractivity contribution in [3.8, 4) is 5.82 Å². The highest BCUT2D eigenvalue weighted by molar-refractivity contribution is 7.89. The van der Waals surface area contributed by atoms with E-state index in [1.165, 1.54) is 6.33 Å². The maximum Gasteiger partial charge on any atom is 0.243 e. The minimum absolute atomic E-state index is 0.411. The SMILES string of the molecule is Cc1cc(C)c(S(=O)(=O)N2CCN(c3cc(-n4nc(C)cc4C)ncn3)CC2)c(C)c1. The lowest BCUT2D eigenvalue weighted by Gasteiger charge is -2.35. The number of aryl methyl sites for hydroxylation is 5. The van der Waals surface area contributed by atoms with E-state index in [1.807, 2.05) is 58.9 Å². The molecule has 8 nitrogen and oxygen atoms in total. The van der Waals surface area contributed by atoms with Gasteiger partial charge in [-0.15, -0.1) is 0 Å². The summed E-state index contributed by atoms with van der Waals surface area (Å²) in [5.41, 5.74) is 4.59. The molecule has 0 spiro atoms. The van der Waals surface area contributed by atoms with Crippen molar-refractivity contribution in [1.29, 1.82) is 0 Å². The van der Waals surface area contributed by atoms with E-state index < -0.39 is 10.0 Å². The average Bonchev–Trinajstić information content (AvgIpc) is 3.05. The predicted molar refractivity (Wildman–Crippen MR) is 120 cm³/mol. The van der Waals surface area contributed by atoms with Crippen molar-refractivity contribution in [2.75, 3.05) is 31.1 Å². The summed E-state index contributed by atoms with van der Waals surface area (Å²) in [6.45, 7) is 11.6. The highest BCUT2D eigenvalue weighted by atomic mass is 32.2. The Balaban J connectivity index is 1.53. The molecule has 0 radical (unpaired) electrons. The van der Waals surface area contributed by atoms with Gasteiger partial charge in [0.25, 0.3) is 0 Å². The Morgan fingerprint density at radius 3 is 2.00 bits per heavy atom. The first-order valence-electron chi connectivity index (χ1n) is 10.4. The monoisotopic (exact) mass is 440 g/mol. The Kier molecular flexibility index (Phi) is 5.57. The fraction of sp³-hybridized carbons (Fsp3) is 0.409. The molecule has 1 saturated heterocycles. The van der Waals surface area contributed by atoms with Gasteiger partial charge in [0.2, 0.25) is 10.0 Å². The summed E-state index contributed by atoms with van der Waals surface area (Å²) >= 11 is 0. The molecule has 0 aliphatic carbocycles. The van der Waals surface area contributed by atoms with Crippen LogP contribution in [-0.4, -0.2) is 58.7 Å². The van der Waals surface area contributed by atoms with Crippen LogP contribution in [0.1, 0.15) is 28.1 Å². The van der Waals surface area contributed by atoms with E-state index in [4.69, 9.17) is 0 Å². The molecule has 0 atom stereocenters. The molecule has 1 fully saturated rings. The molecule has 0 saturated carbocycles. The van der Waals surface area contributed by atoms with E-state index in [1.54, 1.807) is 8.99 Å². The van der Waals surface area contributed by atoms with Gasteiger partial charge in [-0.1, -0.05) is 17.7 Å². The van der Waals surface area contributed by atoms with Crippen LogP contribution >= 0.6 is 0 Å². The number of aromatic nitrogens is 4. The Hall–Kier alpha value is -2.78. The summed E-state index contributed by atoms with van der Waals surface area (Å²) in [6, 6.07) is 7.76. The molecule has 0 unspecified atom stereocenters. The first-order valence-corrected chi connectivity index (χ1v) is 11.8. The molecule has 1 aliphatic rings. The van der Waals surface area contributed by atoms with Gasteiger partial charge < -0.3 is 4.90 Å². The molecule has 9 heteroatoms. The lowest BCUT2D eigenvalue weighted by molar-refractivity contribution is 0.383. The van der Waals surface area contributed by atoms with Crippen LogP contribution in [0.2, 0.25) is 0 Å². The van der Waals surface area contributed by atoms with Gasteiger partial charge in [0, 0.05) is 37.9 Å². The molecular weight excluding hydrogens is 412 g/mol. The van der Waals surface area contributed by atoms with E-state index in [-0.39, 0.29) is 0 Å². The van der Waals surface area contributed by atoms with Crippen molar-refractivity contribution in [2.24, 2.45) is 0 Å². The number of hydrogen-bond donors (Lipinski definition) is 0. The molecule has 0 N–H and O–H groups in total. The van der Waals surface area contributed by atoms with Crippen molar-refractivity contribution in [2.45, 2.75) is 39.5 Å². The summed E-state index contributed by atoms with van der Waals surface area (Å²) in [6.07, 6.45) is 1.53. The van der Waals surface area contributed by atoms with Crippen LogP contribution < -0.4 is 4.90 Å². The van der Waals surface area contributed by atoms with E-state index in [0.717, 1.165) is 33.9 Å². The molecule has 31 heavy (non-hydrogen) atoms. The number of rotatable bonds is 4. The van der Waals surface area contributed by atoms with Crippen LogP contribution in [0.15, 0.2) is 35.5 Å². The highest BCUT2D eigenvalue weighted by Crippen LogP contribution is 2.27. The van der Waals surface area contributed by atoms with Crippen LogP contribution in [0.25, 0.3) is 5.82 Å². The third-order valence-electron chi connectivity index (χ3n) is 5.63. The molecule has 3 heterocycles. The second-order valence-corrected chi connectivity index (χ2v) is 10.1. The fourth-order valence-electron chi connectivity index (χ4n) is 4.35. The Bertz CT molecular complexity index is 1200. The Labute approximate surface area is 183 Å². The molecule has 1 aliphatic heterocycles. The third-order valence-corrected chi connectivity index (χ3v) is 7.83. The van der Waals surface area contributed by atoms with Crippen LogP contribution in [0.4, 0.5) is 5.82 Å². The zero-order valence-corrected chi connectivity index (χ0v) is 19.4. The summed E-state index contributed by atoms with van der Waals surface area (Å²) in [5.74, 6) is 1.48. The summed E-state index contributed by atoms with van der Waals surface area (Å²) in [4.78, 5) is 11.3. The van der Waals surface area contributed by atoms with Gasteiger partial charge in [0.1, 0.15) is 12.1 Å². The lowest BCUT2D eigenvalue weighted by Crippen LogP contribution is -2.49. The number of sulfonamides is 1. The van der Waals surface area contributed by atoms with Gasteiger partial charge in [-0.2, -0.15) is 9.40 Å². The number of anilines is 1. The number of benzene rings is 1. The predicted octanol–water partition coefficient (Wildman–Crippen LogP) is 2.72. The van der Waals surface area contributed by atoms with Gasteiger partial charge in [0.15, 0.2) is 5.82 Å². The van der Waals surface area contributed by atoms with Gasteiger partial charge in [0.05, 0.1) is 10.6 Å². The van der Waals surface area contributed by atoms with E-state index in [2.05, 4.69) is 20.0 Å². The standard InChI is InChI=1S/C22H28N6O2S/c1-15-10-16(2)22(17(3)11-15)31(29,30)27-8-6-26(7-9-27)20-13-21(24-14-23-20)28-19(5)12-18(4)25-28/h10-14H,6-9H2,1-5H3. The minimum atomic E-state index is -3.54. The quantitative estimate of drug-likeness (QED) is 0.620. The molecule has 4 rings (SSSR count). The first-order chi connectivity index (χ1) is 14.7. The van der Waals surface area contributed by atoms with Crippen molar-refractivity contribution in [3.63, 3.8) is 0 Å². The summed E-state index contributed by atoms with van der Waals surface area (Å²) in [5, 5.41) is 4.49. The molecule has 0 bridgehead atoms. The van der Waals surface area contributed by atoms with E-state index in [9.17, 15) is 8.42 Å². The normalized spacial score (nSPS) is 15.5. The van der Waals surface area contributed by atoms with Gasteiger partial charge in [-0.25, -0.2) is 23.1 Å². The van der Waals surface area contributed by atoms with E-state index in [0.29, 0.717) is 36.9 Å². The van der Waals surface area contributed by atoms with Crippen molar-refractivity contribution in [1.82, 2.24) is 24.1 Å². The number of hydrogen-bond acceptors (Lipinski definition) is 6. The summed E-state index contributed by atoms with van der Waals surface area (Å²) < 4.78 is 30.0. The van der Waals surface area contributed by atoms with Crippen molar-refractivity contribution in [3.05, 3.63) is 58.7 Å². The fourth-order valence-corrected chi connectivity index (χ4v) is 6.18. The Morgan fingerprint density at radius 2 is 1.42 bits per heavy atom. The molecule has 1 aromatic carbocycles. The minimum Gasteiger partial charge on any atom is -0.354 e. The smallest absolute Gasteiger partial charge is 0.243 e. The van der Waals surface area contributed by atoms with Gasteiger partial charge in [-0.3, -0.25) is 0 Å². The van der Waals surface area contributed by atoms with Crippen molar-refractivity contribution >= 4 is 15.8 Å². The average molecular weight is 441 g/mol. The molecule has 2 aromatic heterocycles. The molecule has 3 aromatic rings.